The van der Waals surface area contributed by atoms with E-state index in [1.54, 1.807) is 0 Å². The van der Waals surface area contributed by atoms with Crippen LogP contribution in [0.1, 0.15) is 25.8 Å². The molecule has 2 heteroatoms. The average molecular weight is 236 g/mol. The lowest BCUT2D eigenvalue weighted by atomic mass is 10.1. The van der Waals surface area contributed by atoms with Crippen molar-refractivity contribution >= 4 is 23.0 Å². The van der Waals surface area contributed by atoms with Gasteiger partial charge >= 0.3 is 0 Å². The van der Waals surface area contributed by atoms with Crippen LogP contribution in [0.2, 0.25) is 0 Å². The van der Waals surface area contributed by atoms with E-state index in [0.717, 1.165) is 23.4 Å². The van der Waals surface area contributed by atoms with Gasteiger partial charge in [0.05, 0.1) is 16.4 Å². The lowest BCUT2D eigenvalue weighted by molar-refractivity contribution is 0.685. The molecule has 0 aromatic heterocycles. The molecular weight excluding hydrogens is 218 g/mol. The van der Waals surface area contributed by atoms with Crippen LogP contribution < -0.4 is 0 Å². The summed E-state index contributed by atoms with van der Waals surface area (Å²) in [7, 11) is 0. The molecule has 1 nitrogen and oxygen atoms in total. The molecule has 0 saturated carbocycles. The van der Waals surface area contributed by atoms with Gasteiger partial charge in [0.1, 0.15) is 0 Å². The first kappa shape index (κ1) is 13.0. The molecule has 0 radical (unpaired) electrons. The van der Waals surface area contributed by atoms with Gasteiger partial charge in [0.15, 0.2) is 0 Å². The zero-order valence-corrected chi connectivity index (χ0v) is 10.9. The predicted molar refractivity (Wildman–Crippen MR) is 72.7 cm³/mol. The van der Waals surface area contributed by atoms with Crippen molar-refractivity contribution in [3.8, 4) is 0 Å². The van der Waals surface area contributed by atoms with Gasteiger partial charge in [-0.15, -0.1) is 0 Å². The number of rotatable bonds is 4. The first-order valence-corrected chi connectivity index (χ1v) is 5.86. The molecule has 1 aromatic rings. The Kier molecular flexibility index (Phi) is 4.75. The number of hydrogen-bond donors (Lipinski definition) is 0. The van der Waals surface area contributed by atoms with Crippen molar-refractivity contribution in [1.29, 1.82) is 0 Å². The Balaban J connectivity index is 3.03. The molecular formula is C14H18ClN. The van der Waals surface area contributed by atoms with Gasteiger partial charge in [-0.05, 0) is 30.9 Å². The third kappa shape index (κ3) is 3.82. The summed E-state index contributed by atoms with van der Waals surface area (Å²) >= 11 is 5.96. The van der Waals surface area contributed by atoms with Crippen molar-refractivity contribution in [3.63, 3.8) is 0 Å². The molecule has 0 amide bonds. The standard InChI is InChI=1S/C14H18ClN/c1-10(2)9-14(12(4)15)16-13-8-6-5-7-11(13)3/h5-8,10H,4,9H2,1-3H3. The molecule has 0 aliphatic carbocycles. The highest BCUT2D eigenvalue weighted by atomic mass is 35.5. The van der Waals surface area contributed by atoms with Crippen molar-refractivity contribution in [3.05, 3.63) is 41.4 Å². The van der Waals surface area contributed by atoms with E-state index in [9.17, 15) is 0 Å². The minimum Gasteiger partial charge on any atom is -0.252 e. The summed E-state index contributed by atoms with van der Waals surface area (Å²) in [4.78, 5) is 4.58. The van der Waals surface area contributed by atoms with E-state index >= 15 is 0 Å². The summed E-state index contributed by atoms with van der Waals surface area (Å²) in [5, 5.41) is 0.539. The van der Waals surface area contributed by atoms with E-state index in [1.165, 1.54) is 0 Å². The minimum atomic E-state index is 0.526. The smallest absolute Gasteiger partial charge is 0.0662 e. The number of aliphatic imine (C=N–C) groups is 1. The van der Waals surface area contributed by atoms with Crippen molar-refractivity contribution in [2.75, 3.05) is 0 Å². The van der Waals surface area contributed by atoms with Crippen molar-refractivity contribution in [2.24, 2.45) is 10.9 Å². The summed E-state index contributed by atoms with van der Waals surface area (Å²) in [6.45, 7) is 10.1. The first-order valence-electron chi connectivity index (χ1n) is 5.48. The fraction of sp³-hybridized carbons (Fsp3) is 0.357. The van der Waals surface area contributed by atoms with Crippen molar-refractivity contribution < 1.29 is 0 Å². The molecule has 0 unspecified atom stereocenters. The fourth-order valence-corrected chi connectivity index (χ4v) is 1.56. The lowest BCUT2D eigenvalue weighted by Crippen LogP contribution is -2.02. The zero-order valence-electron chi connectivity index (χ0n) is 10.1. The number of para-hydroxylation sites is 1. The van der Waals surface area contributed by atoms with E-state index < -0.39 is 0 Å². The van der Waals surface area contributed by atoms with Gasteiger partial charge in [-0.1, -0.05) is 50.2 Å². The van der Waals surface area contributed by atoms with Crippen LogP contribution in [0.4, 0.5) is 5.69 Å². The molecule has 0 atom stereocenters. The Morgan fingerprint density at radius 3 is 2.50 bits per heavy atom. The highest BCUT2D eigenvalue weighted by Gasteiger charge is 2.06. The molecule has 0 bridgehead atoms. The normalized spacial score (nSPS) is 11.9. The van der Waals surface area contributed by atoms with E-state index in [1.807, 2.05) is 31.2 Å². The van der Waals surface area contributed by atoms with Gasteiger partial charge < -0.3 is 0 Å². The SMILES string of the molecule is C=C(Cl)C(CC(C)C)=Nc1ccccc1C. The Morgan fingerprint density at radius 2 is 2.00 bits per heavy atom. The van der Waals surface area contributed by atoms with Crippen molar-refractivity contribution in [2.45, 2.75) is 27.2 Å². The maximum atomic E-state index is 5.96. The maximum absolute atomic E-state index is 5.96. The highest BCUT2D eigenvalue weighted by molar-refractivity contribution is 6.43. The van der Waals surface area contributed by atoms with Gasteiger partial charge in [-0.3, -0.25) is 4.99 Å². The van der Waals surface area contributed by atoms with Crippen LogP contribution in [-0.2, 0) is 0 Å². The molecule has 1 aromatic carbocycles. The predicted octanol–water partition coefficient (Wildman–Crippen LogP) is 4.87. The lowest BCUT2D eigenvalue weighted by Gasteiger charge is -2.08. The largest absolute Gasteiger partial charge is 0.252 e. The topological polar surface area (TPSA) is 12.4 Å². The fourth-order valence-electron chi connectivity index (χ4n) is 1.44. The average Bonchev–Trinajstić information content (AvgIpc) is 2.19. The number of halogens is 1. The molecule has 0 aliphatic rings. The second kappa shape index (κ2) is 5.86. The molecule has 16 heavy (non-hydrogen) atoms. The van der Waals surface area contributed by atoms with Crippen LogP contribution >= 0.6 is 11.6 Å². The monoisotopic (exact) mass is 235 g/mol. The summed E-state index contributed by atoms with van der Waals surface area (Å²) in [6, 6.07) is 8.03. The molecule has 0 saturated heterocycles. The maximum Gasteiger partial charge on any atom is 0.0662 e. The Morgan fingerprint density at radius 1 is 1.38 bits per heavy atom. The van der Waals surface area contributed by atoms with Crippen LogP contribution in [0, 0.1) is 12.8 Å². The van der Waals surface area contributed by atoms with Crippen molar-refractivity contribution in [1.82, 2.24) is 0 Å². The van der Waals surface area contributed by atoms with Crippen LogP contribution in [0.15, 0.2) is 40.9 Å². The number of aryl methyl sites for hydroxylation is 1. The molecule has 0 aliphatic heterocycles. The third-order valence-corrected chi connectivity index (χ3v) is 2.50. The number of allylic oxidation sites excluding steroid dienone is 1. The van der Waals surface area contributed by atoms with Crippen LogP contribution in [0.3, 0.4) is 0 Å². The summed E-state index contributed by atoms with van der Waals surface area (Å²) in [5.74, 6) is 0.526. The van der Waals surface area contributed by atoms with E-state index in [2.05, 4.69) is 25.4 Å². The van der Waals surface area contributed by atoms with Gasteiger partial charge in [-0.2, -0.15) is 0 Å². The zero-order chi connectivity index (χ0) is 12.1. The number of benzene rings is 1. The second-order valence-corrected chi connectivity index (χ2v) is 4.80. The Bertz CT molecular complexity index is 405. The van der Waals surface area contributed by atoms with Crippen LogP contribution in [-0.4, -0.2) is 5.71 Å². The molecule has 0 N–H and O–H groups in total. The van der Waals surface area contributed by atoms with Gasteiger partial charge in [0.25, 0.3) is 0 Å². The molecule has 0 heterocycles. The summed E-state index contributed by atoms with van der Waals surface area (Å²) < 4.78 is 0. The summed E-state index contributed by atoms with van der Waals surface area (Å²) in [6.07, 6.45) is 0.858. The minimum absolute atomic E-state index is 0.526. The number of nitrogens with zero attached hydrogens (tertiary/aromatic N) is 1. The third-order valence-electron chi connectivity index (χ3n) is 2.29. The van der Waals surface area contributed by atoms with Gasteiger partial charge in [0.2, 0.25) is 0 Å². The Labute approximate surface area is 103 Å². The molecule has 0 spiro atoms. The van der Waals surface area contributed by atoms with E-state index in [4.69, 9.17) is 11.6 Å². The van der Waals surface area contributed by atoms with Crippen LogP contribution in [0.5, 0.6) is 0 Å². The Hall–Kier alpha value is -1.08. The van der Waals surface area contributed by atoms with E-state index in [-0.39, 0.29) is 0 Å². The second-order valence-electron chi connectivity index (χ2n) is 4.35. The number of hydrogen-bond acceptors (Lipinski definition) is 1. The van der Waals surface area contributed by atoms with Crippen LogP contribution in [0.25, 0.3) is 0 Å². The van der Waals surface area contributed by atoms with Gasteiger partial charge in [-0.25, -0.2) is 0 Å². The van der Waals surface area contributed by atoms with E-state index in [0.29, 0.717) is 11.0 Å². The van der Waals surface area contributed by atoms with Gasteiger partial charge in [0, 0.05) is 0 Å². The molecule has 86 valence electrons. The first-order chi connectivity index (χ1) is 7.50. The summed E-state index contributed by atoms with van der Waals surface area (Å²) in [5.41, 5.74) is 3.01. The highest BCUT2D eigenvalue weighted by Crippen LogP contribution is 2.21. The molecule has 1 rings (SSSR count). The molecule has 0 fully saturated rings. The quantitative estimate of drug-likeness (QED) is 0.661.